The fraction of sp³-hybridized carbons (Fsp3) is 0.571. The van der Waals surface area contributed by atoms with E-state index in [0.717, 1.165) is 17.2 Å². The van der Waals surface area contributed by atoms with Gasteiger partial charge in [-0.2, -0.15) is 0 Å². The average Bonchev–Trinajstić information content (AvgIpc) is 2.99. The van der Waals surface area contributed by atoms with E-state index in [1.54, 1.807) is 17.7 Å². The maximum atomic E-state index is 4.56. The molecular weight excluding hydrogens is 242 g/mol. The second-order valence-electron chi connectivity index (χ2n) is 5.80. The van der Waals surface area contributed by atoms with Gasteiger partial charge in [0.1, 0.15) is 17.0 Å². The topological polar surface area (TPSA) is 29.0 Å². The van der Waals surface area contributed by atoms with Crippen LogP contribution in [-0.4, -0.2) is 23.1 Å². The summed E-state index contributed by atoms with van der Waals surface area (Å²) >= 11 is 1.77. The molecule has 0 bridgehead atoms. The zero-order valence-corrected chi connectivity index (χ0v) is 11.5. The van der Waals surface area contributed by atoms with Crippen molar-refractivity contribution in [3.05, 3.63) is 17.3 Å². The SMILES string of the molecule is Cc1cc2c(N3CCCC4(CC4)C3)ncnc2s1. The first kappa shape index (κ1) is 10.7. The van der Waals surface area contributed by atoms with E-state index in [2.05, 4.69) is 27.9 Å². The molecule has 1 spiro atoms. The van der Waals surface area contributed by atoms with E-state index in [9.17, 15) is 0 Å². The average molecular weight is 259 g/mol. The van der Waals surface area contributed by atoms with Gasteiger partial charge in [0.15, 0.2) is 0 Å². The zero-order chi connectivity index (χ0) is 12.2. The number of aryl methyl sites for hydroxylation is 1. The molecule has 1 saturated heterocycles. The Morgan fingerprint density at radius 2 is 2.17 bits per heavy atom. The second kappa shape index (κ2) is 3.67. The predicted molar refractivity (Wildman–Crippen MR) is 75.3 cm³/mol. The van der Waals surface area contributed by atoms with Gasteiger partial charge in [-0.25, -0.2) is 9.97 Å². The lowest BCUT2D eigenvalue weighted by Gasteiger charge is -2.34. The number of anilines is 1. The summed E-state index contributed by atoms with van der Waals surface area (Å²) in [7, 11) is 0. The van der Waals surface area contributed by atoms with Crippen molar-refractivity contribution in [1.29, 1.82) is 0 Å². The molecule has 0 amide bonds. The van der Waals surface area contributed by atoms with Crippen molar-refractivity contribution in [2.24, 2.45) is 5.41 Å². The summed E-state index contributed by atoms with van der Waals surface area (Å²) < 4.78 is 0. The van der Waals surface area contributed by atoms with Gasteiger partial charge >= 0.3 is 0 Å². The van der Waals surface area contributed by atoms with Crippen LogP contribution in [0.25, 0.3) is 10.2 Å². The van der Waals surface area contributed by atoms with Gasteiger partial charge in [-0.3, -0.25) is 0 Å². The number of piperidine rings is 1. The summed E-state index contributed by atoms with van der Waals surface area (Å²) in [5.74, 6) is 1.16. The van der Waals surface area contributed by atoms with Crippen LogP contribution in [0.2, 0.25) is 0 Å². The smallest absolute Gasteiger partial charge is 0.140 e. The van der Waals surface area contributed by atoms with Gasteiger partial charge in [-0.15, -0.1) is 11.3 Å². The van der Waals surface area contributed by atoms with E-state index in [1.807, 2.05) is 0 Å². The summed E-state index contributed by atoms with van der Waals surface area (Å²) in [6.45, 7) is 4.51. The Kier molecular flexibility index (Phi) is 2.19. The zero-order valence-electron chi connectivity index (χ0n) is 10.6. The standard InChI is InChI=1S/C14H17N3S/c1-10-7-11-12(15-9-16-13(11)18-10)17-6-2-3-14(8-17)4-5-14/h7,9H,2-6,8H2,1H3. The minimum Gasteiger partial charge on any atom is -0.355 e. The van der Waals surface area contributed by atoms with Crippen molar-refractivity contribution >= 4 is 27.4 Å². The highest BCUT2D eigenvalue weighted by Crippen LogP contribution is 2.52. The fourth-order valence-corrected chi connectivity index (χ4v) is 4.03. The molecular formula is C14H17N3S. The Hall–Kier alpha value is -1.16. The third kappa shape index (κ3) is 1.62. The van der Waals surface area contributed by atoms with Crippen LogP contribution in [0.5, 0.6) is 0 Å². The summed E-state index contributed by atoms with van der Waals surface area (Å²) in [5, 5.41) is 1.25. The van der Waals surface area contributed by atoms with Gasteiger partial charge in [-0.05, 0) is 44.1 Å². The van der Waals surface area contributed by atoms with Gasteiger partial charge < -0.3 is 4.90 Å². The van der Waals surface area contributed by atoms with Crippen molar-refractivity contribution in [2.75, 3.05) is 18.0 Å². The Morgan fingerprint density at radius 1 is 1.28 bits per heavy atom. The molecule has 4 heteroatoms. The second-order valence-corrected chi connectivity index (χ2v) is 7.03. The molecule has 1 aliphatic carbocycles. The molecule has 3 heterocycles. The van der Waals surface area contributed by atoms with Gasteiger partial charge in [-0.1, -0.05) is 0 Å². The molecule has 0 atom stereocenters. The largest absolute Gasteiger partial charge is 0.355 e. The maximum Gasteiger partial charge on any atom is 0.140 e. The van der Waals surface area contributed by atoms with E-state index in [-0.39, 0.29) is 0 Å². The first-order valence-electron chi connectivity index (χ1n) is 6.72. The molecule has 3 nitrogen and oxygen atoms in total. The first-order chi connectivity index (χ1) is 8.76. The highest BCUT2D eigenvalue weighted by Gasteiger charge is 2.45. The lowest BCUT2D eigenvalue weighted by atomic mass is 9.95. The number of hydrogen-bond acceptors (Lipinski definition) is 4. The summed E-state index contributed by atoms with van der Waals surface area (Å²) in [6.07, 6.45) is 7.29. The summed E-state index contributed by atoms with van der Waals surface area (Å²) in [5.41, 5.74) is 0.639. The van der Waals surface area contributed by atoms with Gasteiger partial charge in [0, 0.05) is 18.0 Å². The van der Waals surface area contributed by atoms with Gasteiger partial charge in [0.05, 0.1) is 5.39 Å². The number of nitrogens with zero attached hydrogens (tertiary/aromatic N) is 3. The molecule has 0 aromatic carbocycles. The van der Waals surface area contributed by atoms with Crippen molar-refractivity contribution in [1.82, 2.24) is 9.97 Å². The Morgan fingerprint density at radius 3 is 3.00 bits per heavy atom. The number of thiophene rings is 1. The van der Waals surface area contributed by atoms with Crippen molar-refractivity contribution in [2.45, 2.75) is 32.6 Å². The number of fused-ring (bicyclic) bond motifs is 1. The molecule has 2 aromatic heterocycles. The molecule has 2 aromatic rings. The van der Waals surface area contributed by atoms with E-state index < -0.39 is 0 Å². The number of aromatic nitrogens is 2. The molecule has 4 rings (SSSR count). The van der Waals surface area contributed by atoms with Crippen LogP contribution in [0.4, 0.5) is 5.82 Å². The fourth-order valence-electron chi connectivity index (χ4n) is 3.19. The molecule has 1 saturated carbocycles. The van der Waals surface area contributed by atoms with E-state index in [1.165, 1.54) is 42.5 Å². The summed E-state index contributed by atoms with van der Waals surface area (Å²) in [4.78, 5) is 13.9. The number of rotatable bonds is 1. The lowest BCUT2D eigenvalue weighted by molar-refractivity contribution is 0.394. The third-order valence-electron chi connectivity index (χ3n) is 4.35. The third-order valence-corrected chi connectivity index (χ3v) is 5.31. The minimum atomic E-state index is 0.639. The van der Waals surface area contributed by atoms with Crippen LogP contribution in [0.1, 0.15) is 30.6 Å². The summed E-state index contributed by atoms with van der Waals surface area (Å²) in [6, 6.07) is 2.24. The lowest BCUT2D eigenvalue weighted by Crippen LogP contribution is -2.37. The van der Waals surface area contributed by atoms with Crippen LogP contribution >= 0.6 is 11.3 Å². The Bertz CT molecular complexity index is 600. The number of hydrogen-bond donors (Lipinski definition) is 0. The van der Waals surface area contributed by atoms with Crippen molar-refractivity contribution in [3.63, 3.8) is 0 Å². The highest BCUT2D eigenvalue weighted by atomic mass is 32.1. The minimum absolute atomic E-state index is 0.639. The van der Waals surface area contributed by atoms with Gasteiger partial charge in [0.25, 0.3) is 0 Å². The Balaban J connectivity index is 1.77. The molecule has 0 radical (unpaired) electrons. The van der Waals surface area contributed by atoms with Crippen LogP contribution in [0.15, 0.2) is 12.4 Å². The van der Waals surface area contributed by atoms with Crippen molar-refractivity contribution in [3.8, 4) is 0 Å². The molecule has 0 N–H and O–H groups in total. The molecule has 94 valence electrons. The van der Waals surface area contributed by atoms with Crippen LogP contribution in [-0.2, 0) is 0 Å². The molecule has 2 fully saturated rings. The Labute approximate surface area is 111 Å². The van der Waals surface area contributed by atoms with Crippen LogP contribution in [0, 0.1) is 12.3 Å². The molecule has 2 aliphatic rings. The van der Waals surface area contributed by atoms with E-state index in [4.69, 9.17) is 0 Å². The predicted octanol–water partition coefficient (Wildman–Crippen LogP) is 3.38. The van der Waals surface area contributed by atoms with Crippen LogP contribution < -0.4 is 4.90 Å². The van der Waals surface area contributed by atoms with Gasteiger partial charge in [0.2, 0.25) is 0 Å². The van der Waals surface area contributed by atoms with Crippen molar-refractivity contribution < 1.29 is 0 Å². The van der Waals surface area contributed by atoms with E-state index >= 15 is 0 Å². The normalized spacial score (nSPS) is 21.7. The maximum absolute atomic E-state index is 4.56. The molecule has 1 aliphatic heterocycles. The molecule has 18 heavy (non-hydrogen) atoms. The van der Waals surface area contributed by atoms with E-state index in [0.29, 0.717) is 5.41 Å². The monoisotopic (exact) mass is 259 g/mol. The quantitative estimate of drug-likeness (QED) is 0.786. The highest BCUT2D eigenvalue weighted by molar-refractivity contribution is 7.18. The molecule has 0 unspecified atom stereocenters. The first-order valence-corrected chi connectivity index (χ1v) is 7.54. The van der Waals surface area contributed by atoms with Crippen LogP contribution in [0.3, 0.4) is 0 Å².